The van der Waals surface area contributed by atoms with Gasteiger partial charge in [-0.3, -0.25) is 19.6 Å². The van der Waals surface area contributed by atoms with Gasteiger partial charge in [0.1, 0.15) is 17.5 Å². The number of aromatic amines is 2. The molecule has 0 aliphatic heterocycles. The molecule has 0 radical (unpaired) electrons. The molecule has 2 aromatic heterocycles. The van der Waals surface area contributed by atoms with Gasteiger partial charge in [-0.25, -0.2) is 18.4 Å². The van der Waals surface area contributed by atoms with E-state index in [2.05, 4.69) is 25.9 Å². The van der Waals surface area contributed by atoms with E-state index < -0.39 is 11.5 Å². The number of carbonyl (C=O) groups is 2. The average Bonchev–Trinajstić information content (AvgIpc) is 3.71. The Bertz CT molecular complexity index is 2170. The standard InChI is InChI=1S/C19H20FN3O3.C10H14FN.C9H7ClN2O3.ClH/c20-14-6-4-13(5-7-14)3-1-2-10-21-12-18(24)22-15-8-9-16-17(11-15)26-19(25)23-16;11-10-6-4-9(5-7-10)3-1-2-8-12;10-4-8(13)11-5-1-2-6-7(3-5)15-9(14)12-6;/h4-9,11,21H,1-3,10,12H2,(H,22,24)(H,23,25);4-7H,1-3,8,12H2;1-3H,4H2,(H,11,13)(H,12,14);1H. The van der Waals surface area contributed by atoms with Gasteiger partial charge in [0.2, 0.25) is 11.8 Å². The van der Waals surface area contributed by atoms with Gasteiger partial charge in [0, 0.05) is 23.5 Å². The number of oxazole rings is 2. The first-order chi connectivity index (χ1) is 25.6. The third kappa shape index (κ3) is 15.0. The molecule has 12 nitrogen and oxygen atoms in total. The number of hydrogen-bond donors (Lipinski definition) is 6. The maximum Gasteiger partial charge on any atom is 0.417 e. The number of hydrogen-bond acceptors (Lipinski definition) is 8. The molecule has 0 saturated carbocycles. The van der Waals surface area contributed by atoms with Gasteiger partial charge in [0.25, 0.3) is 0 Å². The van der Waals surface area contributed by atoms with Crippen molar-refractivity contribution >= 4 is 69.4 Å². The molecule has 0 atom stereocenters. The Morgan fingerprint density at radius 3 is 1.59 bits per heavy atom. The summed E-state index contributed by atoms with van der Waals surface area (Å²) in [6.07, 6.45) is 5.89. The Kier molecular flexibility index (Phi) is 18.1. The minimum atomic E-state index is -0.522. The predicted octanol–water partition coefficient (Wildman–Crippen LogP) is 6.64. The molecule has 2 amide bonds. The number of benzene rings is 4. The van der Waals surface area contributed by atoms with E-state index in [-0.39, 0.29) is 48.3 Å². The molecule has 4 aromatic carbocycles. The summed E-state index contributed by atoms with van der Waals surface area (Å²) in [6.45, 7) is 1.66. The molecule has 0 unspecified atom stereocenters. The normalized spacial score (nSPS) is 10.4. The van der Waals surface area contributed by atoms with Crippen molar-refractivity contribution in [1.82, 2.24) is 15.3 Å². The SMILES string of the molecule is Cl.NCCCCc1ccc(F)cc1.O=C(CCl)Nc1ccc2[nH]c(=O)oc2c1.O=C(CNCCCCc1ccc(F)cc1)Nc1ccc2[nH]c(=O)oc2c1. The lowest BCUT2D eigenvalue weighted by molar-refractivity contribution is -0.115. The monoisotopic (exact) mass is 786 g/mol. The zero-order valence-corrected chi connectivity index (χ0v) is 30.8. The summed E-state index contributed by atoms with van der Waals surface area (Å²) in [6, 6.07) is 23.0. The van der Waals surface area contributed by atoms with Gasteiger partial charge in [0.15, 0.2) is 11.2 Å². The Balaban J connectivity index is 0.000000237. The van der Waals surface area contributed by atoms with Crippen LogP contribution in [0.1, 0.15) is 36.8 Å². The average molecular weight is 788 g/mol. The maximum atomic E-state index is 12.8. The smallest absolute Gasteiger partial charge is 0.408 e. The second-order valence-electron chi connectivity index (χ2n) is 11.8. The highest BCUT2D eigenvalue weighted by molar-refractivity contribution is 6.29. The highest BCUT2D eigenvalue weighted by Crippen LogP contribution is 2.17. The Hall–Kier alpha value is -5.28. The summed E-state index contributed by atoms with van der Waals surface area (Å²) in [7, 11) is 0. The highest BCUT2D eigenvalue weighted by Gasteiger charge is 2.07. The lowest BCUT2D eigenvalue weighted by Crippen LogP contribution is -2.28. The molecule has 2 heterocycles. The maximum absolute atomic E-state index is 12.8. The van der Waals surface area contributed by atoms with Crippen LogP contribution in [-0.2, 0) is 22.4 Å². The molecule has 0 aliphatic rings. The first-order valence-corrected chi connectivity index (χ1v) is 17.5. The van der Waals surface area contributed by atoms with Crippen LogP contribution in [0.2, 0.25) is 0 Å². The second-order valence-corrected chi connectivity index (χ2v) is 12.1. The lowest BCUT2D eigenvalue weighted by Gasteiger charge is -2.07. The summed E-state index contributed by atoms with van der Waals surface area (Å²) in [4.78, 5) is 49.9. The van der Waals surface area contributed by atoms with E-state index in [1.807, 2.05) is 12.1 Å². The highest BCUT2D eigenvalue weighted by atomic mass is 35.5. The number of amides is 2. The summed E-state index contributed by atoms with van der Waals surface area (Å²) in [5.74, 6) is -2.03. The second kappa shape index (κ2) is 22.7. The number of aryl methyl sites for hydroxylation is 2. The number of fused-ring (bicyclic) bond motifs is 2. The molecule has 0 spiro atoms. The summed E-state index contributed by atoms with van der Waals surface area (Å²) in [5.41, 5.74) is 10.7. The van der Waals surface area contributed by atoms with Crippen molar-refractivity contribution in [3.63, 3.8) is 0 Å². The first-order valence-electron chi connectivity index (χ1n) is 16.9. The number of unbranched alkanes of at least 4 members (excludes halogenated alkanes) is 2. The van der Waals surface area contributed by atoms with Crippen LogP contribution in [0.3, 0.4) is 0 Å². The summed E-state index contributed by atoms with van der Waals surface area (Å²) < 4.78 is 35.1. The van der Waals surface area contributed by atoms with Crippen LogP contribution in [0.25, 0.3) is 22.2 Å². The Morgan fingerprint density at radius 2 is 1.13 bits per heavy atom. The zero-order valence-electron chi connectivity index (χ0n) is 29.2. The van der Waals surface area contributed by atoms with Crippen molar-refractivity contribution in [3.8, 4) is 0 Å². The van der Waals surface area contributed by atoms with Crippen LogP contribution < -0.4 is 33.2 Å². The van der Waals surface area contributed by atoms with E-state index in [1.54, 1.807) is 48.5 Å². The van der Waals surface area contributed by atoms with E-state index in [0.29, 0.717) is 33.6 Å². The first kappa shape index (κ1) is 43.1. The predicted molar refractivity (Wildman–Crippen MR) is 209 cm³/mol. The number of halogens is 4. The van der Waals surface area contributed by atoms with Gasteiger partial charge in [-0.05, 0) is 111 Å². The minimum Gasteiger partial charge on any atom is -0.408 e. The minimum absolute atomic E-state index is 0. The van der Waals surface area contributed by atoms with E-state index in [9.17, 15) is 28.0 Å². The summed E-state index contributed by atoms with van der Waals surface area (Å²) in [5, 5.41) is 8.39. The topological polar surface area (TPSA) is 188 Å². The molecule has 6 aromatic rings. The molecule has 6 rings (SSSR count). The quantitative estimate of drug-likeness (QED) is 0.0524. The van der Waals surface area contributed by atoms with Crippen molar-refractivity contribution in [3.05, 3.63) is 129 Å². The number of anilines is 2. The fourth-order valence-electron chi connectivity index (χ4n) is 5.00. The van der Waals surface area contributed by atoms with Gasteiger partial charge < -0.3 is 30.5 Å². The van der Waals surface area contributed by atoms with Gasteiger partial charge in [-0.2, -0.15) is 0 Å². The molecule has 0 aliphatic carbocycles. The van der Waals surface area contributed by atoms with Gasteiger partial charge in [0.05, 0.1) is 17.6 Å². The van der Waals surface area contributed by atoms with Gasteiger partial charge in [-0.1, -0.05) is 24.3 Å². The van der Waals surface area contributed by atoms with E-state index >= 15 is 0 Å². The number of alkyl halides is 1. The molecule has 16 heteroatoms. The molecule has 54 heavy (non-hydrogen) atoms. The molecule has 7 N–H and O–H groups in total. The Morgan fingerprint density at radius 1 is 0.667 bits per heavy atom. The number of nitrogens with two attached hydrogens (primary N) is 1. The Labute approximate surface area is 320 Å². The fourth-order valence-corrected chi connectivity index (χ4v) is 5.07. The van der Waals surface area contributed by atoms with Crippen molar-refractivity contribution in [2.45, 2.75) is 38.5 Å². The van der Waals surface area contributed by atoms with Crippen LogP contribution in [0.15, 0.2) is 103 Å². The van der Waals surface area contributed by atoms with Crippen molar-refractivity contribution < 1.29 is 27.2 Å². The molecular formula is C38H42Cl2F2N6O6. The third-order valence-corrected chi connectivity index (χ3v) is 7.87. The number of rotatable bonds is 14. The largest absolute Gasteiger partial charge is 0.417 e. The van der Waals surface area contributed by atoms with Crippen molar-refractivity contribution in [2.24, 2.45) is 5.73 Å². The zero-order chi connectivity index (χ0) is 38.0. The molecule has 0 fully saturated rings. The lowest BCUT2D eigenvalue weighted by atomic mass is 10.1. The van der Waals surface area contributed by atoms with Crippen LogP contribution in [0.4, 0.5) is 20.2 Å². The van der Waals surface area contributed by atoms with E-state index in [1.165, 1.54) is 29.8 Å². The van der Waals surface area contributed by atoms with Gasteiger partial charge >= 0.3 is 11.5 Å². The molecule has 0 saturated heterocycles. The van der Waals surface area contributed by atoms with Crippen molar-refractivity contribution in [1.29, 1.82) is 0 Å². The fraction of sp³-hybridized carbons (Fsp3) is 0.263. The van der Waals surface area contributed by atoms with Crippen LogP contribution in [0.5, 0.6) is 0 Å². The molecule has 0 bridgehead atoms. The molecule has 288 valence electrons. The third-order valence-electron chi connectivity index (χ3n) is 7.63. The molecular weight excluding hydrogens is 745 g/mol. The number of carbonyl (C=O) groups excluding carboxylic acids is 2. The van der Waals surface area contributed by atoms with Crippen LogP contribution >= 0.6 is 24.0 Å². The van der Waals surface area contributed by atoms with E-state index in [0.717, 1.165) is 57.2 Å². The van der Waals surface area contributed by atoms with Crippen LogP contribution in [0, 0.1) is 11.6 Å². The summed E-state index contributed by atoms with van der Waals surface area (Å²) >= 11 is 5.33. The van der Waals surface area contributed by atoms with E-state index in [4.69, 9.17) is 26.2 Å². The number of H-pyrrole nitrogens is 2. The number of aromatic nitrogens is 2. The van der Waals surface area contributed by atoms with Crippen LogP contribution in [-0.4, -0.2) is 47.3 Å². The number of nitrogens with one attached hydrogen (secondary N) is 5. The van der Waals surface area contributed by atoms with Crippen molar-refractivity contribution in [2.75, 3.05) is 36.1 Å². The van der Waals surface area contributed by atoms with Gasteiger partial charge in [-0.15, -0.1) is 24.0 Å².